The van der Waals surface area contributed by atoms with E-state index in [1.165, 1.54) is 0 Å². The Kier molecular flexibility index (Phi) is 9.49. The van der Waals surface area contributed by atoms with Crippen LogP contribution < -0.4 is 10.6 Å². The van der Waals surface area contributed by atoms with E-state index in [9.17, 15) is 14.4 Å². The summed E-state index contributed by atoms with van der Waals surface area (Å²) in [5.74, 6) is -0.405. The molecule has 1 fully saturated rings. The van der Waals surface area contributed by atoms with Crippen LogP contribution in [-0.4, -0.2) is 60.0 Å². The molecule has 3 N–H and O–H groups in total. The molecule has 0 saturated carbocycles. The normalized spacial score (nSPS) is 16.7. The highest BCUT2D eigenvalue weighted by Crippen LogP contribution is 2.17. The molecule has 1 aliphatic rings. The lowest BCUT2D eigenvalue weighted by molar-refractivity contribution is -0.140. The van der Waals surface area contributed by atoms with Gasteiger partial charge < -0.3 is 15.3 Å². The SMILES string of the molecule is CCCC(NCC(=O)N1CCC(C(=O)NCCC(C)C)CC1)C(=O)O. The van der Waals surface area contributed by atoms with Crippen LogP contribution in [0.15, 0.2) is 0 Å². The molecule has 0 aromatic carbocycles. The molecule has 1 atom stereocenters. The van der Waals surface area contributed by atoms with Crippen molar-refractivity contribution in [1.29, 1.82) is 0 Å². The van der Waals surface area contributed by atoms with Gasteiger partial charge in [0.25, 0.3) is 0 Å². The van der Waals surface area contributed by atoms with Gasteiger partial charge in [-0.15, -0.1) is 0 Å². The number of carboxylic acids is 1. The van der Waals surface area contributed by atoms with Crippen molar-refractivity contribution in [2.45, 2.75) is 58.9 Å². The molecule has 7 heteroatoms. The molecule has 0 aromatic rings. The summed E-state index contributed by atoms with van der Waals surface area (Å²) in [7, 11) is 0. The Balaban J connectivity index is 2.31. The maximum Gasteiger partial charge on any atom is 0.320 e. The van der Waals surface area contributed by atoms with Gasteiger partial charge in [-0.05, 0) is 31.6 Å². The Morgan fingerprint density at radius 3 is 2.32 bits per heavy atom. The van der Waals surface area contributed by atoms with E-state index >= 15 is 0 Å². The molecular formula is C18H33N3O4. The fraction of sp³-hybridized carbons (Fsp3) is 0.833. The van der Waals surface area contributed by atoms with Crippen molar-refractivity contribution in [1.82, 2.24) is 15.5 Å². The molecule has 0 aliphatic carbocycles. The number of hydrogen-bond acceptors (Lipinski definition) is 4. The van der Waals surface area contributed by atoms with Crippen LogP contribution in [0.3, 0.4) is 0 Å². The lowest BCUT2D eigenvalue weighted by Crippen LogP contribution is -2.48. The number of carboxylic acid groups (broad SMARTS) is 1. The van der Waals surface area contributed by atoms with Crippen LogP contribution >= 0.6 is 0 Å². The largest absolute Gasteiger partial charge is 0.480 e. The van der Waals surface area contributed by atoms with Crippen LogP contribution in [0.1, 0.15) is 52.9 Å². The summed E-state index contributed by atoms with van der Waals surface area (Å²) in [6.07, 6.45) is 3.54. The van der Waals surface area contributed by atoms with E-state index in [4.69, 9.17) is 5.11 Å². The third-order valence-corrected chi connectivity index (χ3v) is 4.61. The fourth-order valence-electron chi connectivity index (χ4n) is 2.94. The summed E-state index contributed by atoms with van der Waals surface area (Å²) in [6.45, 7) is 7.99. The van der Waals surface area contributed by atoms with Gasteiger partial charge >= 0.3 is 5.97 Å². The first-order chi connectivity index (χ1) is 11.8. The van der Waals surface area contributed by atoms with E-state index in [0.717, 1.165) is 12.8 Å². The maximum absolute atomic E-state index is 12.2. The summed E-state index contributed by atoms with van der Waals surface area (Å²) in [5, 5.41) is 14.9. The topological polar surface area (TPSA) is 98.7 Å². The molecule has 0 spiro atoms. The zero-order valence-corrected chi connectivity index (χ0v) is 15.7. The highest BCUT2D eigenvalue weighted by molar-refractivity contribution is 5.81. The third kappa shape index (κ3) is 7.86. The number of nitrogens with one attached hydrogen (secondary N) is 2. The van der Waals surface area contributed by atoms with E-state index in [-0.39, 0.29) is 24.3 Å². The van der Waals surface area contributed by atoms with Crippen LogP contribution in [0.2, 0.25) is 0 Å². The zero-order chi connectivity index (χ0) is 18.8. The predicted octanol–water partition coefficient (Wildman–Crippen LogP) is 1.23. The average molecular weight is 355 g/mol. The highest BCUT2D eigenvalue weighted by atomic mass is 16.4. The standard InChI is InChI=1S/C18H33N3O4/c1-4-5-15(18(24)25)20-12-16(22)21-10-7-14(8-11-21)17(23)19-9-6-13(2)3/h13-15,20H,4-12H2,1-3H3,(H,19,23)(H,24,25). The number of amides is 2. The van der Waals surface area contributed by atoms with Gasteiger partial charge in [0, 0.05) is 25.6 Å². The molecule has 1 unspecified atom stereocenters. The minimum Gasteiger partial charge on any atom is -0.480 e. The smallest absolute Gasteiger partial charge is 0.320 e. The molecule has 0 radical (unpaired) electrons. The number of nitrogens with zero attached hydrogens (tertiary/aromatic N) is 1. The summed E-state index contributed by atoms with van der Waals surface area (Å²) < 4.78 is 0. The number of piperidine rings is 1. The van der Waals surface area contributed by atoms with Crippen molar-refractivity contribution in [3.8, 4) is 0 Å². The minimum atomic E-state index is -0.925. The lowest BCUT2D eigenvalue weighted by Gasteiger charge is -2.31. The summed E-state index contributed by atoms with van der Waals surface area (Å²) in [6, 6.07) is -0.682. The van der Waals surface area contributed by atoms with Gasteiger partial charge in [0.1, 0.15) is 6.04 Å². The number of likely N-dealkylation sites (tertiary alicyclic amines) is 1. The van der Waals surface area contributed by atoms with E-state index in [2.05, 4.69) is 24.5 Å². The molecule has 7 nitrogen and oxygen atoms in total. The van der Waals surface area contributed by atoms with Crippen molar-refractivity contribution >= 4 is 17.8 Å². The molecule has 2 amide bonds. The van der Waals surface area contributed by atoms with E-state index in [0.29, 0.717) is 44.8 Å². The van der Waals surface area contributed by atoms with Crippen molar-refractivity contribution < 1.29 is 19.5 Å². The number of carbonyl (C=O) groups is 3. The Hall–Kier alpha value is -1.63. The first-order valence-corrected chi connectivity index (χ1v) is 9.36. The quantitative estimate of drug-likeness (QED) is 0.547. The van der Waals surface area contributed by atoms with Crippen LogP contribution in [0.5, 0.6) is 0 Å². The number of rotatable bonds is 10. The van der Waals surface area contributed by atoms with Crippen molar-refractivity contribution in [3.05, 3.63) is 0 Å². The molecular weight excluding hydrogens is 322 g/mol. The Morgan fingerprint density at radius 1 is 1.16 bits per heavy atom. The first-order valence-electron chi connectivity index (χ1n) is 9.36. The van der Waals surface area contributed by atoms with Crippen LogP contribution in [0.25, 0.3) is 0 Å². The Morgan fingerprint density at radius 2 is 1.80 bits per heavy atom. The molecule has 1 rings (SSSR count). The second kappa shape index (κ2) is 11.1. The van der Waals surface area contributed by atoms with Crippen LogP contribution in [-0.2, 0) is 14.4 Å². The maximum atomic E-state index is 12.2. The number of hydrogen-bond donors (Lipinski definition) is 3. The van der Waals surface area contributed by atoms with Crippen molar-refractivity contribution in [3.63, 3.8) is 0 Å². The number of aliphatic carboxylic acids is 1. The van der Waals surface area contributed by atoms with Gasteiger partial charge in [-0.1, -0.05) is 27.2 Å². The van der Waals surface area contributed by atoms with Gasteiger partial charge in [0.2, 0.25) is 11.8 Å². The third-order valence-electron chi connectivity index (χ3n) is 4.61. The second-order valence-corrected chi connectivity index (χ2v) is 7.19. The average Bonchev–Trinajstić information content (AvgIpc) is 2.57. The molecule has 25 heavy (non-hydrogen) atoms. The van der Waals surface area contributed by atoms with E-state index in [1.807, 2.05) is 6.92 Å². The summed E-state index contributed by atoms with van der Waals surface area (Å²) in [4.78, 5) is 37.2. The molecule has 0 aromatic heterocycles. The number of carbonyl (C=O) groups excluding carboxylic acids is 2. The lowest BCUT2D eigenvalue weighted by atomic mass is 9.95. The zero-order valence-electron chi connectivity index (χ0n) is 15.7. The van der Waals surface area contributed by atoms with Gasteiger partial charge in [-0.2, -0.15) is 0 Å². The summed E-state index contributed by atoms with van der Waals surface area (Å²) in [5.41, 5.74) is 0. The molecule has 0 bridgehead atoms. The molecule has 1 aliphatic heterocycles. The van der Waals surface area contributed by atoms with Gasteiger partial charge in [0.05, 0.1) is 6.54 Å². The van der Waals surface area contributed by atoms with E-state index < -0.39 is 12.0 Å². The van der Waals surface area contributed by atoms with Crippen LogP contribution in [0.4, 0.5) is 0 Å². The molecule has 1 heterocycles. The Labute approximate surface area is 150 Å². The Bertz CT molecular complexity index is 446. The second-order valence-electron chi connectivity index (χ2n) is 7.19. The monoisotopic (exact) mass is 355 g/mol. The minimum absolute atomic E-state index is 0.0300. The highest BCUT2D eigenvalue weighted by Gasteiger charge is 2.27. The van der Waals surface area contributed by atoms with E-state index in [1.54, 1.807) is 4.90 Å². The predicted molar refractivity (Wildman–Crippen MR) is 96.1 cm³/mol. The van der Waals surface area contributed by atoms with Gasteiger partial charge in [-0.3, -0.25) is 19.7 Å². The van der Waals surface area contributed by atoms with Gasteiger partial charge in [-0.25, -0.2) is 0 Å². The molecule has 144 valence electrons. The van der Waals surface area contributed by atoms with Crippen LogP contribution in [0, 0.1) is 11.8 Å². The molecule has 1 saturated heterocycles. The first kappa shape index (κ1) is 21.4. The van der Waals surface area contributed by atoms with Crippen molar-refractivity contribution in [2.75, 3.05) is 26.2 Å². The summed E-state index contributed by atoms with van der Waals surface area (Å²) >= 11 is 0. The van der Waals surface area contributed by atoms with Gasteiger partial charge in [0.15, 0.2) is 0 Å². The van der Waals surface area contributed by atoms with Crippen molar-refractivity contribution in [2.24, 2.45) is 11.8 Å². The fourth-order valence-corrected chi connectivity index (χ4v) is 2.94.